The van der Waals surface area contributed by atoms with Crippen LogP contribution in [0.1, 0.15) is 54.9 Å². The molecular formula is C21H32N2O4. The Morgan fingerprint density at radius 2 is 1.44 bits per heavy atom. The van der Waals surface area contributed by atoms with Crippen LogP contribution in [-0.4, -0.2) is 59.9 Å². The van der Waals surface area contributed by atoms with Crippen molar-refractivity contribution in [1.82, 2.24) is 9.80 Å². The van der Waals surface area contributed by atoms with Crippen molar-refractivity contribution in [2.45, 2.75) is 54.9 Å². The molecule has 0 heterocycles. The summed E-state index contributed by atoms with van der Waals surface area (Å²) in [6, 6.07) is 0. The highest BCUT2D eigenvalue weighted by Gasteiger charge is 2.38. The fourth-order valence-electron chi connectivity index (χ4n) is 3.44. The van der Waals surface area contributed by atoms with Crippen molar-refractivity contribution < 1.29 is 19.2 Å². The number of ketones is 2. The van der Waals surface area contributed by atoms with Crippen LogP contribution in [0.4, 0.5) is 0 Å². The minimum Gasteiger partial charge on any atom is -0.344 e. The minimum absolute atomic E-state index is 0.0246. The Morgan fingerprint density at radius 1 is 0.926 bits per heavy atom. The lowest BCUT2D eigenvalue weighted by Crippen LogP contribution is -2.40. The van der Waals surface area contributed by atoms with E-state index in [1.54, 1.807) is 37.6 Å². The Morgan fingerprint density at radius 3 is 1.93 bits per heavy atom. The summed E-state index contributed by atoms with van der Waals surface area (Å²) in [6.45, 7) is 13.5. The van der Waals surface area contributed by atoms with Crippen LogP contribution in [0.25, 0.3) is 0 Å². The van der Waals surface area contributed by atoms with Crippen molar-refractivity contribution in [1.29, 1.82) is 0 Å². The van der Waals surface area contributed by atoms with E-state index >= 15 is 0 Å². The van der Waals surface area contributed by atoms with E-state index in [9.17, 15) is 19.2 Å². The molecule has 0 aliphatic heterocycles. The third-order valence-electron chi connectivity index (χ3n) is 5.41. The van der Waals surface area contributed by atoms with Gasteiger partial charge in [-0.05, 0) is 27.7 Å². The van der Waals surface area contributed by atoms with Crippen molar-refractivity contribution in [2.75, 3.05) is 26.7 Å². The molecule has 0 unspecified atom stereocenters. The fourth-order valence-corrected chi connectivity index (χ4v) is 3.44. The highest BCUT2D eigenvalue weighted by atomic mass is 16.2. The van der Waals surface area contributed by atoms with Gasteiger partial charge in [-0.1, -0.05) is 13.8 Å². The van der Waals surface area contributed by atoms with Crippen molar-refractivity contribution in [3.05, 3.63) is 22.3 Å². The molecule has 0 saturated carbocycles. The van der Waals surface area contributed by atoms with E-state index in [0.717, 1.165) is 0 Å². The molecule has 2 amide bonds. The van der Waals surface area contributed by atoms with Gasteiger partial charge >= 0.3 is 0 Å². The van der Waals surface area contributed by atoms with Gasteiger partial charge in [0.2, 0.25) is 11.8 Å². The Hall–Kier alpha value is -2.24. The topological polar surface area (TPSA) is 74.8 Å². The number of Topliss-reactive ketones (excluding diaryl/α,β-unsaturated/α-hetero) is 2. The third kappa shape index (κ3) is 4.93. The number of carbonyl (C=O) groups is 4. The van der Waals surface area contributed by atoms with Crippen LogP contribution in [0, 0.1) is 5.41 Å². The summed E-state index contributed by atoms with van der Waals surface area (Å²) in [6.07, 6.45) is 0.119. The first-order chi connectivity index (χ1) is 12.3. The first kappa shape index (κ1) is 22.8. The first-order valence-electron chi connectivity index (χ1n) is 9.32. The smallest absolute Gasteiger partial charge is 0.223 e. The van der Waals surface area contributed by atoms with E-state index in [2.05, 4.69) is 0 Å². The van der Waals surface area contributed by atoms with Crippen LogP contribution in [0.2, 0.25) is 0 Å². The average molecular weight is 376 g/mol. The van der Waals surface area contributed by atoms with Crippen LogP contribution in [0.3, 0.4) is 0 Å². The van der Waals surface area contributed by atoms with Gasteiger partial charge in [0.25, 0.3) is 0 Å². The van der Waals surface area contributed by atoms with Gasteiger partial charge in [-0.3, -0.25) is 19.2 Å². The van der Waals surface area contributed by atoms with Gasteiger partial charge in [-0.2, -0.15) is 0 Å². The average Bonchev–Trinajstić information content (AvgIpc) is 2.57. The molecule has 0 atom stereocenters. The summed E-state index contributed by atoms with van der Waals surface area (Å²) in [5.74, 6) is -0.428. The molecule has 6 heteroatoms. The molecule has 1 aliphatic carbocycles. The molecule has 150 valence electrons. The van der Waals surface area contributed by atoms with Gasteiger partial charge in [0, 0.05) is 67.7 Å². The predicted molar refractivity (Wildman–Crippen MR) is 105 cm³/mol. The molecule has 1 aliphatic rings. The number of carbonyl (C=O) groups excluding carboxylic acids is 4. The molecule has 0 saturated heterocycles. The normalized spacial score (nSPS) is 15.4. The summed E-state index contributed by atoms with van der Waals surface area (Å²) in [7, 11) is 1.69. The Balaban J connectivity index is 2.93. The second-order valence-electron chi connectivity index (χ2n) is 7.88. The quantitative estimate of drug-likeness (QED) is 0.640. The van der Waals surface area contributed by atoms with Gasteiger partial charge in [0.1, 0.15) is 0 Å². The third-order valence-corrected chi connectivity index (χ3v) is 5.41. The molecule has 0 spiro atoms. The molecule has 0 aromatic heterocycles. The van der Waals surface area contributed by atoms with Crippen molar-refractivity contribution in [2.24, 2.45) is 5.41 Å². The highest BCUT2D eigenvalue weighted by molar-refractivity contribution is 6.25. The Labute approximate surface area is 162 Å². The Bertz CT molecular complexity index is 728. The van der Waals surface area contributed by atoms with E-state index in [4.69, 9.17) is 0 Å². The lowest BCUT2D eigenvalue weighted by molar-refractivity contribution is -0.134. The van der Waals surface area contributed by atoms with E-state index in [1.165, 1.54) is 6.92 Å². The molecule has 0 bridgehead atoms. The summed E-state index contributed by atoms with van der Waals surface area (Å²) >= 11 is 0. The van der Waals surface area contributed by atoms with Crippen molar-refractivity contribution in [3.63, 3.8) is 0 Å². The second kappa shape index (κ2) is 8.63. The molecule has 0 N–H and O–H groups in total. The molecular weight excluding hydrogens is 344 g/mol. The largest absolute Gasteiger partial charge is 0.344 e. The van der Waals surface area contributed by atoms with Crippen molar-refractivity contribution in [3.8, 4) is 0 Å². The minimum atomic E-state index is -0.755. The lowest BCUT2D eigenvalue weighted by Gasteiger charge is -2.33. The van der Waals surface area contributed by atoms with Crippen molar-refractivity contribution >= 4 is 23.4 Å². The van der Waals surface area contributed by atoms with Gasteiger partial charge in [0.05, 0.1) is 0 Å². The van der Waals surface area contributed by atoms with Crippen LogP contribution in [0.15, 0.2) is 22.3 Å². The zero-order valence-electron chi connectivity index (χ0n) is 17.9. The summed E-state index contributed by atoms with van der Waals surface area (Å²) in [5.41, 5.74) is 1.03. The molecule has 0 radical (unpaired) electrons. The maximum absolute atomic E-state index is 12.8. The number of hydrogen-bond acceptors (Lipinski definition) is 4. The maximum atomic E-state index is 12.8. The van der Waals surface area contributed by atoms with E-state index in [1.807, 2.05) is 20.8 Å². The van der Waals surface area contributed by atoms with Crippen LogP contribution in [0.5, 0.6) is 0 Å². The van der Waals surface area contributed by atoms with Gasteiger partial charge in [0.15, 0.2) is 11.6 Å². The number of likely N-dealkylation sites (N-methyl/N-ethyl adjacent to an activating group) is 2. The van der Waals surface area contributed by atoms with E-state index in [-0.39, 0.29) is 29.8 Å². The standard InChI is InChI=1S/C21H32N2O4/c1-9-23(16(5)24)11-10-22(8)17(25)12-21(6,7)18-15(4)19(26)13(2)14(3)20(18)27/h9-12H2,1-8H3. The summed E-state index contributed by atoms with van der Waals surface area (Å²) in [5, 5.41) is 0. The number of nitrogens with zero attached hydrogens (tertiary/aromatic N) is 2. The zero-order valence-corrected chi connectivity index (χ0v) is 17.9. The molecule has 1 rings (SSSR count). The number of allylic oxidation sites excluding steroid dienone is 4. The van der Waals surface area contributed by atoms with Gasteiger partial charge in [-0.15, -0.1) is 0 Å². The predicted octanol–water partition coefficient (Wildman–Crippen LogP) is 2.53. The number of rotatable bonds is 7. The maximum Gasteiger partial charge on any atom is 0.223 e. The van der Waals surface area contributed by atoms with Crippen LogP contribution in [-0.2, 0) is 19.2 Å². The molecule has 6 nitrogen and oxygen atoms in total. The van der Waals surface area contributed by atoms with E-state index in [0.29, 0.717) is 41.9 Å². The molecule has 0 aromatic rings. The summed E-state index contributed by atoms with van der Waals surface area (Å²) in [4.78, 5) is 52.7. The first-order valence-corrected chi connectivity index (χ1v) is 9.32. The van der Waals surface area contributed by atoms with Crippen LogP contribution < -0.4 is 0 Å². The number of hydrogen-bond donors (Lipinski definition) is 0. The number of amides is 2. The lowest BCUT2D eigenvalue weighted by atomic mass is 9.71. The fraction of sp³-hybridized carbons (Fsp3) is 0.619. The highest BCUT2D eigenvalue weighted by Crippen LogP contribution is 2.39. The zero-order chi connectivity index (χ0) is 21.1. The monoisotopic (exact) mass is 376 g/mol. The van der Waals surface area contributed by atoms with Gasteiger partial charge < -0.3 is 9.80 Å². The van der Waals surface area contributed by atoms with Gasteiger partial charge in [-0.25, -0.2) is 0 Å². The van der Waals surface area contributed by atoms with E-state index < -0.39 is 5.41 Å². The Kier molecular flexibility index (Phi) is 7.29. The summed E-state index contributed by atoms with van der Waals surface area (Å²) < 4.78 is 0. The molecule has 0 aromatic carbocycles. The van der Waals surface area contributed by atoms with Crippen LogP contribution >= 0.6 is 0 Å². The molecule has 27 heavy (non-hydrogen) atoms. The second-order valence-corrected chi connectivity index (χ2v) is 7.88. The molecule has 0 fully saturated rings. The SMILES string of the molecule is CCN(CCN(C)C(=O)CC(C)(C)C1=C(C)C(=O)C(C)=C(C)C1=O)C(C)=O.